The van der Waals surface area contributed by atoms with Crippen molar-refractivity contribution < 1.29 is 4.79 Å². The first kappa shape index (κ1) is 17.5. The van der Waals surface area contributed by atoms with Crippen molar-refractivity contribution in [1.29, 1.82) is 5.26 Å². The summed E-state index contributed by atoms with van der Waals surface area (Å²) in [6.45, 7) is 1.68. The third kappa shape index (κ3) is 4.42. The van der Waals surface area contributed by atoms with E-state index in [1.807, 2.05) is 24.3 Å². The quantitative estimate of drug-likeness (QED) is 0.560. The van der Waals surface area contributed by atoms with Gasteiger partial charge in [-0.3, -0.25) is 0 Å². The number of aromatic nitrogens is 2. The van der Waals surface area contributed by atoms with Crippen molar-refractivity contribution >= 4 is 42.5 Å². The van der Waals surface area contributed by atoms with Crippen molar-refractivity contribution in [2.45, 2.75) is 12.8 Å². The Morgan fingerprint density at radius 1 is 1.31 bits per heavy atom. The fourth-order valence-electron chi connectivity index (χ4n) is 2.64. The van der Waals surface area contributed by atoms with E-state index in [2.05, 4.69) is 25.9 Å². The van der Waals surface area contributed by atoms with Crippen LogP contribution in [-0.2, 0) is 0 Å². The molecule has 9 heteroatoms. The van der Waals surface area contributed by atoms with Crippen LogP contribution in [0.3, 0.4) is 0 Å². The van der Waals surface area contributed by atoms with Crippen LogP contribution in [-0.4, -0.2) is 48.4 Å². The van der Waals surface area contributed by atoms with E-state index >= 15 is 0 Å². The minimum absolute atomic E-state index is 0.0913. The molecule has 8 nitrogen and oxygen atoms in total. The summed E-state index contributed by atoms with van der Waals surface area (Å²) in [4.78, 5) is 22.4. The fourth-order valence-corrected chi connectivity index (χ4v) is 2.64. The number of carbonyl (C=O) groups is 1. The van der Waals surface area contributed by atoms with Crippen molar-refractivity contribution in [3.8, 4) is 6.07 Å². The van der Waals surface area contributed by atoms with Gasteiger partial charge in [0.2, 0.25) is 5.95 Å². The number of likely N-dealkylation sites (tertiary alicyclic amines) is 1. The monoisotopic (exact) mass is 347 g/mol. The average Bonchev–Trinajstić information content (AvgIpc) is 3.17. The van der Waals surface area contributed by atoms with E-state index in [0.717, 1.165) is 31.6 Å². The van der Waals surface area contributed by atoms with Crippen LogP contribution in [0.5, 0.6) is 0 Å². The third-order valence-electron chi connectivity index (χ3n) is 3.92. The van der Waals surface area contributed by atoms with Gasteiger partial charge in [0.05, 0.1) is 6.07 Å². The first-order chi connectivity index (χ1) is 12.7. The van der Waals surface area contributed by atoms with Crippen molar-refractivity contribution in [3.63, 3.8) is 0 Å². The Bertz CT molecular complexity index is 830. The van der Waals surface area contributed by atoms with Gasteiger partial charge in [-0.1, -0.05) is 6.07 Å². The number of nitrogens with one attached hydrogen (secondary N) is 3. The van der Waals surface area contributed by atoms with Crippen molar-refractivity contribution in [2.75, 3.05) is 35.6 Å². The minimum atomic E-state index is -0.0913. The van der Waals surface area contributed by atoms with Gasteiger partial charge in [-0.2, -0.15) is 10.2 Å². The van der Waals surface area contributed by atoms with E-state index < -0.39 is 0 Å². The van der Waals surface area contributed by atoms with Crippen LogP contribution in [0, 0.1) is 11.3 Å². The molecule has 1 saturated heterocycles. The molecule has 2 amide bonds. The van der Waals surface area contributed by atoms with Gasteiger partial charge in [0.25, 0.3) is 0 Å². The van der Waals surface area contributed by atoms with Gasteiger partial charge < -0.3 is 20.9 Å². The van der Waals surface area contributed by atoms with E-state index in [4.69, 9.17) is 13.1 Å². The summed E-state index contributed by atoms with van der Waals surface area (Å²) in [5.41, 5.74) is 1.77. The molecule has 2 heterocycles. The molecule has 1 aliphatic heterocycles. The van der Waals surface area contributed by atoms with E-state index in [0.29, 0.717) is 22.9 Å². The Balaban J connectivity index is 1.68. The lowest BCUT2D eigenvalue weighted by atomic mass is 9.99. The largest absolute Gasteiger partial charge is 0.357 e. The van der Waals surface area contributed by atoms with Crippen molar-refractivity contribution in [2.24, 2.45) is 0 Å². The van der Waals surface area contributed by atoms with E-state index in [-0.39, 0.29) is 12.6 Å². The number of amides is 2. The lowest BCUT2D eigenvalue weighted by Crippen LogP contribution is -2.32. The summed E-state index contributed by atoms with van der Waals surface area (Å²) in [7, 11) is 5.79. The Labute approximate surface area is 153 Å². The molecule has 3 rings (SSSR count). The normalized spacial score (nSPS) is 13.1. The molecule has 0 bridgehead atoms. The number of urea groups is 1. The molecule has 0 unspecified atom stereocenters. The number of hydrogen-bond acceptors (Lipinski definition) is 6. The maximum Gasteiger partial charge on any atom is 0.321 e. The molecule has 0 aliphatic carbocycles. The fraction of sp³-hybridized carbons (Fsp3) is 0.294. The topological polar surface area (TPSA) is 106 Å². The highest BCUT2D eigenvalue weighted by atomic mass is 16.2. The molecule has 2 aromatic rings. The molecule has 3 N–H and O–H groups in total. The number of carbonyl (C=O) groups excluding carboxylic acids is 1. The minimum Gasteiger partial charge on any atom is -0.357 e. The van der Waals surface area contributed by atoms with Crippen molar-refractivity contribution in [3.05, 3.63) is 30.5 Å². The van der Waals surface area contributed by atoms with Crippen LogP contribution < -0.4 is 21.4 Å². The maximum absolute atomic E-state index is 12.2. The lowest BCUT2D eigenvalue weighted by molar-refractivity contribution is 0.222. The van der Waals surface area contributed by atoms with Gasteiger partial charge in [-0.25, -0.2) is 9.78 Å². The lowest BCUT2D eigenvalue weighted by Gasteiger charge is -2.16. The second-order valence-electron chi connectivity index (χ2n) is 5.84. The average molecular weight is 347 g/mol. The van der Waals surface area contributed by atoms with Gasteiger partial charge in [0, 0.05) is 30.7 Å². The van der Waals surface area contributed by atoms with Gasteiger partial charge >= 0.3 is 6.03 Å². The summed E-state index contributed by atoms with van der Waals surface area (Å²) < 4.78 is 0. The molecule has 1 aromatic carbocycles. The number of nitriles is 1. The van der Waals surface area contributed by atoms with Gasteiger partial charge in [0.1, 0.15) is 20.2 Å². The van der Waals surface area contributed by atoms with Crippen LogP contribution in [0.4, 0.5) is 27.9 Å². The molecule has 130 valence electrons. The zero-order valence-electron chi connectivity index (χ0n) is 14.2. The first-order valence-corrected chi connectivity index (χ1v) is 8.32. The second kappa shape index (κ2) is 8.20. The highest BCUT2D eigenvalue weighted by Crippen LogP contribution is 2.19. The molecule has 0 saturated carbocycles. The SMILES string of the molecule is [B]c1cnc(Nc2cccc(NC(=O)N3CCCC3)c2)nc1NCC#N. The third-order valence-corrected chi connectivity index (χ3v) is 3.92. The zero-order chi connectivity index (χ0) is 18.4. The first-order valence-electron chi connectivity index (χ1n) is 8.32. The zero-order valence-corrected chi connectivity index (χ0v) is 14.2. The summed E-state index contributed by atoms with van der Waals surface area (Å²) >= 11 is 0. The predicted molar refractivity (Wildman–Crippen MR) is 101 cm³/mol. The summed E-state index contributed by atoms with van der Waals surface area (Å²) in [6.07, 6.45) is 3.56. The molecule has 1 fully saturated rings. The van der Waals surface area contributed by atoms with Crippen LogP contribution in [0.15, 0.2) is 30.5 Å². The second-order valence-corrected chi connectivity index (χ2v) is 5.84. The van der Waals surface area contributed by atoms with Gasteiger partial charge in [-0.05, 0) is 36.5 Å². The van der Waals surface area contributed by atoms with Crippen LogP contribution in [0.2, 0.25) is 0 Å². The molecule has 1 aliphatic rings. The summed E-state index contributed by atoms with van der Waals surface area (Å²) in [5, 5.41) is 17.4. The molecular formula is C17H18BN7O. The summed E-state index contributed by atoms with van der Waals surface area (Å²) in [6, 6.07) is 9.17. The molecule has 0 spiro atoms. The van der Waals surface area contributed by atoms with Crippen molar-refractivity contribution in [1.82, 2.24) is 14.9 Å². The number of rotatable bonds is 5. The smallest absolute Gasteiger partial charge is 0.321 e. The van der Waals surface area contributed by atoms with E-state index in [1.165, 1.54) is 6.20 Å². The number of anilines is 4. The number of hydrogen-bond donors (Lipinski definition) is 3. The molecular weight excluding hydrogens is 329 g/mol. The molecule has 2 radical (unpaired) electrons. The van der Waals surface area contributed by atoms with E-state index in [1.54, 1.807) is 11.0 Å². The van der Waals surface area contributed by atoms with Crippen LogP contribution in [0.1, 0.15) is 12.8 Å². The number of benzene rings is 1. The molecule has 26 heavy (non-hydrogen) atoms. The van der Waals surface area contributed by atoms with Gasteiger partial charge in [0.15, 0.2) is 0 Å². The highest BCUT2D eigenvalue weighted by molar-refractivity contribution is 6.35. The highest BCUT2D eigenvalue weighted by Gasteiger charge is 2.17. The van der Waals surface area contributed by atoms with Crippen LogP contribution >= 0.6 is 0 Å². The number of nitrogens with zero attached hydrogens (tertiary/aromatic N) is 4. The van der Waals surface area contributed by atoms with E-state index in [9.17, 15) is 4.79 Å². The maximum atomic E-state index is 12.2. The van der Waals surface area contributed by atoms with Gasteiger partial charge in [-0.15, -0.1) is 0 Å². The molecule has 0 atom stereocenters. The standard InChI is InChI=1S/C17H18BN7O/c18-14-11-21-16(24-15(14)20-7-6-19)22-12-4-3-5-13(10-12)23-17(26)25-8-1-2-9-25/h3-5,10-11H,1-2,7-9H2,(H,23,26)(H2,20,21,22,24). The van der Waals surface area contributed by atoms with Crippen LogP contribution in [0.25, 0.3) is 0 Å². The Morgan fingerprint density at radius 3 is 2.85 bits per heavy atom. The molecule has 1 aromatic heterocycles. The summed E-state index contributed by atoms with van der Waals surface area (Å²) in [5.74, 6) is 0.727. The Kier molecular flexibility index (Phi) is 5.54. The predicted octanol–water partition coefficient (Wildman–Crippen LogP) is 1.58. The Hall–Kier alpha value is -3.28. The Morgan fingerprint density at radius 2 is 2.08 bits per heavy atom.